The fraction of sp³-hybridized carbons (Fsp3) is 0.710. The maximum absolute atomic E-state index is 13.4. The standard InChI is InChI=1S/C31H43N3O6/c1-29-11-8-22(35)18-21(29)4-5-23-24(29)9-12-30(2)25(23)10-13-31(30,39)26(36)19-40-28(38)7-6-27(37)33-14-3-16-34-17-15-32-20-34/h15,17-18,20,23-25,39H,3-14,16,19H2,1-2H3,(H,33,37)/t23-,24+,25+,29+,30+,31+/m1/s1. The van der Waals surface area contributed by atoms with E-state index < -0.39 is 29.4 Å². The summed E-state index contributed by atoms with van der Waals surface area (Å²) in [5.41, 5.74) is -0.746. The molecule has 1 heterocycles. The number of hydrogen-bond acceptors (Lipinski definition) is 7. The van der Waals surface area contributed by atoms with Crippen molar-refractivity contribution in [3.63, 3.8) is 0 Å². The molecule has 0 spiro atoms. The van der Waals surface area contributed by atoms with Gasteiger partial charge in [-0.25, -0.2) is 4.98 Å². The van der Waals surface area contributed by atoms with Gasteiger partial charge in [0.1, 0.15) is 5.60 Å². The van der Waals surface area contributed by atoms with Crippen LogP contribution in [0.5, 0.6) is 0 Å². The Kier molecular flexibility index (Phi) is 8.06. The topological polar surface area (TPSA) is 128 Å². The van der Waals surface area contributed by atoms with Crippen molar-refractivity contribution < 1.29 is 29.0 Å². The fourth-order valence-electron chi connectivity index (χ4n) is 8.58. The summed E-state index contributed by atoms with van der Waals surface area (Å²) in [4.78, 5) is 53.8. The number of allylic oxidation sites excluding steroid dienone is 1. The van der Waals surface area contributed by atoms with Gasteiger partial charge < -0.3 is 19.7 Å². The molecular weight excluding hydrogens is 510 g/mol. The number of fused-ring (bicyclic) bond motifs is 5. The first-order valence-corrected chi connectivity index (χ1v) is 14.9. The number of ether oxygens (including phenoxy) is 1. The van der Waals surface area contributed by atoms with Crippen molar-refractivity contribution in [1.82, 2.24) is 14.9 Å². The third kappa shape index (κ3) is 5.17. The first kappa shape index (κ1) is 28.7. The van der Waals surface area contributed by atoms with Crippen molar-refractivity contribution in [3.8, 4) is 0 Å². The van der Waals surface area contributed by atoms with Crippen molar-refractivity contribution in [2.75, 3.05) is 13.2 Å². The van der Waals surface area contributed by atoms with Crippen molar-refractivity contribution >= 4 is 23.4 Å². The van der Waals surface area contributed by atoms with Crippen LogP contribution in [0.1, 0.15) is 84.5 Å². The number of rotatable bonds is 10. The average Bonchev–Trinajstić information content (AvgIpc) is 3.55. The Morgan fingerprint density at radius 3 is 2.67 bits per heavy atom. The van der Waals surface area contributed by atoms with E-state index in [1.807, 2.05) is 16.8 Å². The van der Waals surface area contributed by atoms with Gasteiger partial charge in [-0.05, 0) is 80.6 Å². The van der Waals surface area contributed by atoms with Crippen molar-refractivity contribution in [2.24, 2.45) is 28.6 Å². The van der Waals surface area contributed by atoms with Crippen molar-refractivity contribution in [3.05, 3.63) is 30.4 Å². The van der Waals surface area contributed by atoms with Crippen LogP contribution in [-0.4, -0.2) is 56.9 Å². The molecule has 0 radical (unpaired) electrons. The minimum atomic E-state index is -1.52. The number of ketones is 2. The molecule has 9 heteroatoms. The molecular formula is C31H43N3O6. The molecule has 3 fully saturated rings. The van der Waals surface area contributed by atoms with Crippen LogP contribution in [0, 0.1) is 28.6 Å². The third-order valence-corrected chi connectivity index (χ3v) is 11.0. The summed E-state index contributed by atoms with van der Waals surface area (Å²) >= 11 is 0. The number of esters is 1. The first-order valence-electron chi connectivity index (χ1n) is 14.9. The van der Waals surface area contributed by atoms with Gasteiger partial charge in [-0.15, -0.1) is 0 Å². The van der Waals surface area contributed by atoms with E-state index in [2.05, 4.69) is 24.1 Å². The average molecular weight is 554 g/mol. The molecule has 4 aliphatic rings. The Morgan fingerprint density at radius 1 is 1.10 bits per heavy atom. The molecule has 9 nitrogen and oxygen atoms in total. The quantitative estimate of drug-likeness (QED) is 0.335. The molecule has 4 aliphatic carbocycles. The molecule has 1 aromatic heterocycles. The SMILES string of the molecule is C[C@]12CCC(=O)C=C1CC[C@@H]1[C@@H]2CC[C@@]2(C)[C@H]1CC[C@]2(O)C(=O)COC(=O)CCC(=O)NCCCn1ccnc1. The number of Topliss-reactive ketones (excluding diaryl/α,β-unsaturated/α-hetero) is 1. The van der Waals surface area contributed by atoms with Gasteiger partial charge in [0.15, 0.2) is 12.4 Å². The lowest BCUT2D eigenvalue weighted by molar-refractivity contribution is -0.170. The third-order valence-electron chi connectivity index (χ3n) is 11.0. The molecule has 40 heavy (non-hydrogen) atoms. The van der Waals surface area contributed by atoms with Gasteiger partial charge in [0.25, 0.3) is 0 Å². The van der Waals surface area contributed by atoms with E-state index in [1.54, 1.807) is 12.5 Å². The highest BCUT2D eigenvalue weighted by Crippen LogP contribution is 2.67. The second-order valence-corrected chi connectivity index (χ2v) is 12.9. The Morgan fingerprint density at radius 2 is 1.90 bits per heavy atom. The zero-order chi connectivity index (χ0) is 28.5. The lowest BCUT2D eigenvalue weighted by Gasteiger charge is -2.58. The molecule has 5 rings (SSSR count). The van der Waals surface area contributed by atoms with Crippen LogP contribution < -0.4 is 5.32 Å². The Balaban J connectivity index is 1.10. The number of aliphatic hydroxyl groups is 1. The van der Waals surface area contributed by atoms with E-state index >= 15 is 0 Å². The minimum absolute atomic E-state index is 0.00791. The molecule has 1 amide bonds. The first-order chi connectivity index (χ1) is 19.1. The zero-order valence-corrected chi connectivity index (χ0v) is 23.8. The molecule has 1 aromatic rings. The van der Waals surface area contributed by atoms with E-state index in [4.69, 9.17) is 4.74 Å². The van der Waals surface area contributed by atoms with Crippen LogP contribution in [0.4, 0.5) is 0 Å². The van der Waals surface area contributed by atoms with Crippen molar-refractivity contribution in [1.29, 1.82) is 0 Å². The molecule has 0 unspecified atom stereocenters. The summed E-state index contributed by atoms with van der Waals surface area (Å²) in [5, 5.41) is 14.6. The van der Waals surface area contributed by atoms with Crippen LogP contribution in [0.2, 0.25) is 0 Å². The molecule has 3 saturated carbocycles. The summed E-state index contributed by atoms with van der Waals surface area (Å²) in [5.74, 6) is 0.0628. The maximum atomic E-state index is 13.4. The Hall–Kier alpha value is -2.81. The van der Waals surface area contributed by atoms with Gasteiger partial charge in [-0.2, -0.15) is 0 Å². The van der Waals surface area contributed by atoms with Gasteiger partial charge in [0, 0.05) is 43.7 Å². The fourth-order valence-corrected chi connectivity index (χ4v) is 8.58. The second kappa shape index (κ2) is 11.2. The van der Waals surface area contributed by atoms with Crippen LogP contribution in [-0.2, 0) is 30.5 Å². The molecule has 218 valence electrons. The number of carbonyl (C=O) groups excluding carboxylic acids is 4. The van der Waals surface area contributed by atoms with E-state index in [0.29, 0.717) is 31.2 Å². The van der Waals surface area contributed by atoms with Gasteiger partial charge >= 0.3 is 5.97 Å². The number of amides is 1. The number of carbonyl (C=O) groups is 4. The maximum Gasteiger partial charge on any atom is 0.306 e. The predicted molar refractivity (Wildman–Crippen MR) is 147 cm³/mol. The Bertz CT molecular complexity index is 1180. The summed E-state index contributed by atoms with van der Waals surface area (Å²) < 4.78 is 7.18. The number of aromatic nitrogens is 2. The number of nitrogens with one attached hydrogen (secondary N) is 1. The van der Waals surface area contributed by atoms with Crippen LogP contribution in [0.3, 0.4) is 0 Å². The molecule has 0 aliphatic heterocycles. The summed E-state index contributed by atoms with van der Waals surface area (Å²) in [6.07, 6.45) is 14.0. The van der Waals surface area contributed by atoms with E-state index in [9.17, 15) is 24.3 Å². The molecule has 2 N–H and O–H groups in total. The summed E-state index contributed by atoms with van der Waals surface area (Å²) in [6, 6.07) is 0. The monoisotopic (exact) mass is 553 g/mol. The van der Waals surface area contributed by atoms with Gasteiger partial charge in [-0.3, -0.25) is 19.2 Å². The summed E-state index contributed by atoms with van der Waals surface area (Å²) in [7, 11) is 0. The van der Waals surface area contributed by atoms with Gasteiger partial charge in [0.2, 0.25) is 11.7 Å². The normalized spacial score (nSPS) is 34.7. The lowest BCUT2D eigenvalue weighted by atomic mass is 9.46. The van der Waals surface area contributed by atoms with E-state index in [-0.39, 0.29) is 35.9 Å². The van der Waals surface area contributed by atoms with Crippen LogP contribution in [0.15, 0.2) is 30.4 Å². The highest BCUT2D eigenvalue weighted by atomic mass is 16.5. The number of imidazole rings is 1. The largest absolute Gasteiger partial charge is 0.458 e. The highest BCUT2D eigenvalue weighted by molar-refractivity contribution is 5.92. The molecule has 0 saturated heterocycles. The van der Waals surface area contributed by atoms with Crippen molar-refractivity contribution in [2.45, 2.75) is 96.6 Å². The molecule has 0 aromatic carbocycles. The molecule has 0 bridgehead atoms. The Labute approximate surface area is 236 Å². The summed E-state index contributed by atoms with van der Waals surface area (Å²) in [6.45, 7) is 5.14. The predicted octanol–water partition coefficient (Wildman–Crippen LogP) is 3.54. The lowest BCUT2D eigenvalue weighted by Crippen LogP contribution is -2.58. The van der Waals surface area contributed by atoms with Crippen LogP contribution >= 0.6 is 0 Å². The van der Waals surface area contributed by atoms with E-state index in [0.717, 1.165) is 51.5 Å². The highest BCUT2D eigenvalue weighted by Gasteiger charge is 2.66. The van der Waals surface area contributed by atoms with Gasteiger partial charge in [0.05, 0.1) is 12.7 Å². The minimum Gasteiger partial charge on any atom is -0.458 e. The number of hydrogen-bond donors (Lipinski definition) is 2. The number of nitrogens with zero attached hydrogens (tertiary/aromatic N) is 2. The second-order valence-electron chi connectivity index (χ2n) is 12.9. The number of aryl methyl sites for hydroxylation is 1. The van der Waals surface area contributed by atoms with Gasteiger partial charge in [-0.1, -0.05) is 19.4 Å². The van der Waals surface area contributed by atoms with Crippen LogP contribution in [0.25, 0.3) is 0 Å². The van der Waals surface area contributed by atoms with E-state index in [1.165, 1.54) is 5.57 Å². The smallest absolute Gasteiger partial charge is 0.306 e. The zero-order valence-electron chi connectivity index (χ0n) is 23.8. The molecule has 6 atom stereocenters.